The molecule has 1 aromatic carbocycles. The minimum absolute atomic E-state index is 0.183. The van der Waals surface area contributed by atoms with Gasteiger partial charge in [-0.2, -0.15) is 0 Å². The number of hydrogen-bond acceptors (Lipinski definition) is 2. The van der Waals surface area contributed by atoms with Gasteiger partial charge in [-0.05, 0) is 51.2 Å². The molecule has 136 valence electrons. The Morgan fingerprint density at radius 1 is 1.04 bits per heavy atom. The van der Waals surface area contributed by atoms with E-state index in [1.807, 2.05) is 0 Å². The van der Waals surface area contributed by atoms with Gasteiger partial charge in [0.1, 0.15) is 0 Å². The third-order valence-corrected chi connectivity index (χ3v) is 8.30. The Morgan fingerprint density at radius 3 is 2.21 bits per heavy atom. The van der Waals surface area contributed by atoms with Crippen LogP contribution in [0.1, 0.15) is 84.3 Å². The monoisotopic (exact) mass is 364 g/mol. The highest BCUT2D eigenvalue weighted by Crippen LogP contribution is 2.46. The summed E-state index contributed by atoms with van der Waals surface area (Å²) >= 11 is 0. The fraction of sp³-hybridized carbons (Fsp3) is 0.636. The van der Waals surface area contributed by atoms with Crippen LogP contribution in [0.2, 0.25) is 0 Å². The number of aryl methyl sites for hydroxylation is 1. The molecule has 24 heavy (non-hydrogen) atoms. The van der Waals surface area contributed by atoms with Gasteiger partial charge in [0, 0.05) is 10.00 Å². The van der Waals surface area contributed by atoms with E-state index in [4.69, 9.17) is 0 Å². The molecular weight excluding hydrogens is 328 g/mol. The third-order valence-electron chi connectivity index (χ3n) is 4.42. The molecule has 0 aliphatic carbocycles. The highest BCUT2D eigenvalue weighted by molar-refractivity contribution is 8.77. The van der Waals surface area contributed by atoms with Crippen molar-refractivity contribution in [3.8, 4) is 0 Å². The molecule has 0 fully saturated rings. The molecule has 0 saturated carbocycles. The van der Waals surface area contributed by atoms with Gasteiger partial charge in [0.2, 0.25) is 0 Å². The van der Waals surface area contributed by atoms with Crippen LogP contribution in [-0.4, -0.2) is 10.00 Å². The van der Waals surface area contributed by atoms with Crippen molar-refractivity contribution in [2.24, 2.45) is 0 Å². The third kappa shape index (κ3) is 7.27. The first-order valence-corrected chi connectivity index (χ1v) is 11.8. The van der Waals surface area contributed by atoms with E-state index >= 15 is 0 Å². The lowest BCUT2D eigenvalue weighted by molar-refractivity contribution is 0.675. The van der Waals surface area contributed by atoms with Crippen molar-refractivity contribution in [3.63, 3.8) is 0 Å². The van der Waals surface area contributed by atoms with Gasteiger partial charge in [-0.25, -0.2) is 0 Å². The van der Waals surface area contributed by atoms with Crippen LogP contribution in [0, 0.1) is 6.92 Å². The number of benzene rings is 1. The van der Waals surface area contributed by atoms with Gasteiger partial charge in [0.05, 0.1) is 0 Å². The summed E-state index contributed by atoms with van der Waals surface area (Å²) in [4.78, 5) is 0. The van der Waals surface area contributed by atoms with Gasteiger partial charge in [-0.1, -0.05) is 97.5 Å². The van der Waals surface area contributed by atoms with E-state index in [0.29, 0.717) is 0 Å². The fourth-order valence-corrected chi connectivity index (χ4v) is 6.22. The van der Waals surface area contributed by atoms with E-state index in [9.17, 15) is 0 Å². The van der Waals surface area contributed by atoms with Gasteiger partial charge < -0.3 is 0 Å². The lowest BCUT2D eigenvalue weighted by atomic mass is 9.94. The Morgan fingerprint density at radius 2 is 1.67 bits per heavy atom. The van der Waals surface area contributed by atoms with Crippen molar-refractivity contribution in [2.45, 2.75) is 90.1 Å². The van der Waals surface area contributed by atoms with Crippen LogP contribution >= 0.6 is 21.6 Å². The zero-order valence-corrected chi connectivity index (χ0v) is 18.2. The minimum Gasteiger partial charge on any atom is -0.0898 e. The molecule has 0 unspecified atom stereocenters. The first-order chi connectivity index (χ1) is 11.4. The zero-order valence-electron chi connectivity index (χ0n) is 16.5. The van der Waals surface area contributed by atoms with Crippen LogP contribution < -0.4 is 0 Å². The standard InChI is InChI=1S/C22H36S2/c1-7-12-20(17-19-16-11-10-15-18(19)4)22(5,6)24-23-21(13-8-2)14-9-3/h10-11,15-17,21H,7-9,12-14H2,1-6H3/b20-17+. The Hall–Kier alpha value is -0.340. The maximum Gasteiger partial charge on any atom is 0.0418 e. The molecular formula is C22H36S2. The predicted octanol–water partition coefficient (Wildman–Crippen LogP) is 8.31. The number of hydrogen-bond donors (Lipinski definition) is 0. The quantitative estimate of drug-likeness (QED) is 0.362. The minimum atomic E-state index is 0.183. The average molecular weight is 365 g/mol. The van der Waals surface area contributed by atoms with Gasteiger partial charge >= 0.3 is 0 Å². The molecule has 1 aromatic rings. The van der Waals surface area contributed by atoms with Crippen LogP contribution in [0.4, 0.5) is 0 Å². The molecule has 0 atom stereocenters. The maximum atomic E-state index is 2.45. The lowest BCUT2D eigenvalue weighted by Gasteiger charge is -2.29. The summed E-state index contributed by atoms with van der Waals surface area (Å²) in [6.07, 6.45) is 10.1. The van der Waals surface area contributed by atoms with Crippen molar-refractivity contribution < 1.29 is 0 Å². The van der Waals surface area contributed by atoms with Gasteiger partial charge in [-0.15, -0.1) is 0 Å². The molecule has 0 radical (unpaired) electrons. The Bertz CT molecular complexity index is 496. The largest absolute Gasteiger partial charge is 0.0898 e. The molecule has 0 saturated heterocycles. The topological polar surface area (TPSA) is 0 Å². The molecule has 0 aromatic heterocycles. The summed E-state index contributed by atoms with van der Waals surface area (Å²) in [5.74, 6) is 0. The molecule has 0 amide bonds. The smallest absolute Gasteiger partial charge is 0.0418 e. The summed E-state index contributed by atoms with van der Waals surface area (Å²) in [5, 5.41) is 0.797. The molecule has 0 bridgehead atoms. The fourth-order valence-electron chi connectivity index (χ4n) is 2.88. The van der Waals surface area contributed by atoms with Crippen LogP contribution in [-0.2, 0) is 0 Å². The molecule has 0 nitrogen and oxygen atoms in total. The van der Waals surface area contributed by atoms with Gasteiger partial charge in [0.15, 0.2) is 0 Å². The van der Waals surface area contributed by atoms with Gasteiger partial charge in [-0.3, -0.25) is 0 Å². The van der Waals surface area contributed by atoms with Crippen molar-refractivity contribution in [3.05, 3.63) is 41.0 Å². The van der Waals surface area contributed by atoms with Crippen molar-refractivity contribution in [1.82, 2.24) is 0 Å². The molecule has 0 heterocycles. The lowest BCUT2D eigenvalue weighted by Crippen LogP contribution is -2.18. The van der Waals surface area contributed by atoms with Gasteiger partial charge in [0.25, 0.3) is 0 Å². The second-order valence-corrected chi connectivity index (χ2v) is 10.3. The van der Waals surface area contributed by atoms with Crippen molar-refractivity contribution >= 4 is 27.7 Å². The second-order valence-electron chi connectivity index (χ2n) is 7.17. The zero-order chi connectivity index (χ0) is 18.0. The highest BCUT2D eigenvalue weighted by Gasteiger charge is 2.25. The molecule has 0 aliphatic rings. The van der Waals surface area contributed by atoms with Crippen molar-refractivity contribution in [2.75, 3.05) is 0 Å². The van der Waals surface area contributed by atoms with E-state index in [1.165, 1.54) is 49.7 Å². The Kier molecular flexibility index (Phi) is 10.2. The Balaban J connectivity index is 2.90. The molecule has 0 N–H and O–H groups in total. The van der Waals surface area contributed by atoms with Crippen LogP contribution in [0.25, 0.3) is 6.08 Å². The first kappa shape index (κ1) is 21.7. The average Bonchev–Trinajstić information content (AvgIpc) is 2.54. The van der Waals surface area contributed by atoms with Crippen LogP contribution in [0.3, 0.4) is 0 Å². The van der Waals surface area contributed by atoms with E-state index in [1.54, 1.807) is 5.57 Å². The van der Waals surface area contributed by atoms with Crippen molar-refractivity contribution in [1.29, 1.82) is 0 Å². The first-order valence-electron chi connectivity index (χ1n) is 9.55. The van der Waals surface area contributed by atoms with E-state index in [2.05, 4.69) is 93.5 Å². The summed E-state index contributed by atoms with van der Waals surface area (Å²) in [7, 11) is 4.21. The highest BCUT2D eigenvalue weighted by atomic mass is 33.1. The maximum absolute atomic E-state index is 2.45. The SMILES string of the molecule is CCC/C(=C\c1ccccc1C)C(C)(C)SSC(CCC)CCC. The molecule has 0 aliphatic heterocycles. The van der Waals surface area contributed by atoms with Crippen LogP contribution in [0.5, 0.6) is 0 Å². The normalized spacial score (nSPS) is 12.9. The molecule has 0 spiro atoms. The summed E-state index contributed by atoms with van der Waals surface area (Å²) in [5.41, 5.74) is 4.32. The second kappa shape index (κ2) is 11.3. The Labute approximate surface area is 158 Å². The number of rotatable bonds is 11. The van der Waals surface area contributed by atoms with E-state index < -0.39 is 0 Å². The molecule has 2 heteroatoms. The van der Waals surface area contributed by atoms with Crippen LogP contribution in [0.15, 0.2) is 29.8 Å². The predicted molar refractivity (Wildman–Crippen MR) is 117 cm³/mol. The summed E-state index contributed by atoms with van der Waals surface area (Å²) < 4.78 is 0.183. The summed E-state index contributed by atoms with van der Waals surface area (Å²) in [6, 6.07) is 8.73. The molecule has 1 rings (SSSR count). The van der Waals surface area contributed by atoms with E-state index in [0.717, 1.165) is 5.25 Å². The van der Waals surface area contributed by atoms with E-state index in [-0.39, 0.29) is 4.75 Å². The summed E-state index contributed by atoms with van der Waals surface area (Å²) in [6.45, 7) is 13.9.